The molecule has 0 saturated heterocycles. The normalized spacial score (nSPS) is 12.6. The number of halogens is 2. The molecule has 4 nitrogen and oxygen atoms in total. The van der Waals surface area contributed by atoms with Crippen LogP contribution in [0.15, 0.2) is 28.9 Å². The maximum Gasteiger partial charge on any atom is 0.231 e. The minimum absolute atomic E-state index is 0.224. The number of aryl methyl sites for hydroxylation is 1. The van der Waals surface area contributed by atoms with Crippen LogP contribution < -0.4 is 14.8 Å². The molecule has 6 heteroatoms. The summed E-state index contributed by atoms with van der Waals surface area (Å²) in [6.07, 6.45) is 0. The summed E-state index contributed by atoms with van der Waals surface area (Å²) in [7, 11) is 0. The molecule has 1 N–H and O–H groups in total. The van der Waals surface area contributed by atoms with E-state index in [1.165, 1.54) is 0 Å². The lowest BCUT2D eigenvalue weighted by atomic mass is 10.2. The van der Waals surface area contributed by atoms with E-state index in [9.17, 15) is 0 Å². The van der Waals surface area contributed by atoms with Crippen molar-refractivity contribution in [2.24, 2.45) is 0 Å². The molecule has 104 valence electrons. The van der Waals surface area contributed by atoms with Crippen molar-refractivity contribution in [1.29, 1.82) is 0 Å². The molecule has 20 heavy (non-hydrogen) atoms. The lowest BCUT2D eigenvalue weighted by molar-refractivity contribution is 0.174. The van der Waals surface area contributed by atoms with Gasteiger partial charge in [-0.1, -0.05) is 11.6 Å². The Morgan fingerprint density at radius 3 is 3.00 bits per heavy atom. The van der Waals surface area contributed by atoms with Crippen molar-refractivity contribution >= 4 is 33.2 Å². The number of hydrogen-bond donors (Lipinski definition) is 1. The van der Waals surface area contributed by atoms with Gasteiger partial charge in [-0.05, 0) is 52.7 Å². The maximum absolute atomic E-state index is 6.16. The zero-order valence-electron chi connectivity index (χ0n) is 10.7. The van der Waals surface area contributed by atoms with E-state index in [4.69, 9.17) is 21.1 Å². The van der Waals surface area contributed by atoms with E-state index >= 15 is 0 Å². The lowest BCUT2D eigenvalue weighted by Crippen LogP contribution is -2.02. The Morgan fingerprint density at radius 2 is 2.20 bits per heavy atom. The van der Waals surface area contributed by atoms with Crippen LogP contribution in [0.1, 0.15) is 11.3 Å². The van der Waals surface area contributed by atoms with E-state index in [0.717, 1.165) is 21.5 Å². The van der Waals surface area contributed by atoms with Crippen molar-refractivity contribution < 1.29 is 9.47 Å². The van der Waals surface area contributed by atoms with Gasteiger partial charge in [0.25, 0.3) is 0 Å². The van der Waals surface area contributed by atoms with Gasteiger partial charge in [0.15, 0.2) is 11.5 Å². The van der Waals surface area contributed by atoms with Crippen molar-refractivity contribution in [3.05, 3.63) is 45.1 Å². The summed E-state index contributed by atoms with van der Waals surface area (Å²) in [4.78, 5) is 4.34. The highest BCUT2D eigenvalue weighted by Crippen LogP contribution is 2.39. The fourth-order valence-electron chi connectivity index (χ4n) is 2.04. The van der Waals surface area contributed by atoms with Gasteiger partial charge in [0, 0.05) is 6.54 Å². The monoisotopic (exact) mass is 354 g/mol. The van der Waals surface area contributed by atoms with Crippen molar-refractivity contribution in [3.63, 3.8) is 0 Å². The third-order valence-corrected chi connectivity index (χ3v) is 3.74. The van der Waals surface area contributed by atoms with Gasteiger partial charge in [0.2, 0.25) is 6.79 Å². The summed E-state index contributed by atoms with van der Waals surface area (Å²) < 4.78 is 11.5. The van der Waals surface area contributed by atoms with E-state index in [-0.39, 0.29) is 6.79 Å². The van der Waals surface area contributed by atoms with E-state index < -0.39 is 0 Å². The molecule has 0 amide bonds. The van der Waals surface area contributed by atoms with Gasteiger partial charge in [-0.3, -0.25) is 0 Å². The zero-order chi connectivity index (χ0) is 14.1. The van der Waals surface area contributed by atoms with Gasteiger partial charge in [0.05, 0.1) is 16.4 Å². The average molecular weight is 356 g/mol. The largest absolute Gasteiger partial charge is 0.454 e. The number of ether oxygens (including phenoxy) is 2. The molecule has 1 aromatic carbocycles. The van der Waals surface area contributed by atoms with Gasteiger partial charge < -0.3 is 14.8 Å². The molecule has 1 aliphatic heterocycles. The minimum atomic E-state index is 0.224. The number of nitrogens with zero attached hydrogens (tertiary/aromatic N) is 1. The van der Waals surface area contributed by atoms with E-state index in [2.05, 4.69) is 26.2 Å². The van der Waals surface area contributed by atoms with Gasteiger partial charge in [-0.15, -0.1) is 0 Å². The summed E-state index contributed by atoms with van der Waals surface area (Å²) in [5, 5.41) is 3.91. The summed E-state index contributed by atoms with van der Waals surface area (Å²) in [5.41, 5.74) is 2.95. The summed E-state index contributed by atoms with van der Waals surface area (Å²) in [5.74, 6) is 1.32. The van der Waals surface area contributed by atoms with Crippen LogP contribution in [0.5, 0.6) is 11.5 Å². The molecule has 2 heterocycles. The van der Waals surface area contributed by atoms with Crippen LogP contribution in [0.2, 0.25) is 5.02 Å². The van der Waals surface area contributed by atoms with Crippen LogP contribution >= 0.6 is 27.5 Å². The number of fused-ring (bicyclic) bond motifs is 1. The summed E-state index contributed by atoms with van der Waals surface area (Å²) in [6.45, 7) is 2.82. The standard InChI is InChI=1S/C14H12BrClN2O2/c1-8-11(2-3-13(15)18-8)17-6-9-4-10(16)14-12(5-9)19-7-20-14/h2-5,17H,6-7H2,1H3. The Hall–Kier alpha value is -1.46. The second kappa shape index (κ2) is 5.50. The SMILES string of the molecule is Cc1nc(Br)ccc1NCc1cc(Cl)c2c(c1)OCO2. The van der Waals surface area contributed by atoms with Crippen LogP contribution in [0.4, 0.5) is 5.69 Å². The molecule has 1 aromatic heterocycles. The molecule has 0 unspecified atom stereocenters. The number of benzene rings is 1. The molecule has 0 spiro atoms. The van der Waals surface area contributed by atoms with E-state index in [1.54, 1.807) is 0 Å². The first-order valence-corrected chi connectivity index (χ1v) is 7.25. The van der Waals surface area contributed by atoms with Crippen molar-refractivity contribution in [2.45, 2.75) is 13.5 Å². The fourth-order valence-corrected chi connectivity index (χ4v) is 2.72. The quantitative estimate of drug-likeness (QED) is 0.840. The zero-order valence-corrected chi connectivity index (χ0v) is 13.1. The first-order valence-electron chi connectivity index (χ1n) is 6.08. The van der Waals surface area contributed by atoms with Crippen molar-refractivity contribution in [2.75, 3.05) is 12.1 Å². The van der Waals surface area contributed by atoms with Crippen molar-refractivity contribution in [1.82, 2.24) is 4.98 Å². The molecule has 0 fully saturated rings. The highest BCUT2D eigenvalue weighted by molar-refractivity contribution is 9.10. The Morgan fingerprint density at radius 1 is 1.35 bits per heavy atom. The summed E-state index contributed by atoms with van der Waals surface area (Å²) in [6, 6.07) is 7.70. The molecule has 0 atom stereocenters. The number of aromatic nitrogens is 1. The van der Waals surface area contributed by atoms with Gasteiger partial charge in [0.1, 0.15) is 4.60 Å². The number of pyridine rings is 1. The lowest BCUT2D eigenvalue weighted by Gasteiger charge is -2.10. The average Bonchev–Trinajstić information content (AvgIpc) is 2.86. The second-order valence-electron chi connectivity index (χ2n) is 4.43. The third kappa shape index (κ3) is 2.69. The summed E-state index contributed by atoms with van der Waals surface area (Å²) >= 11 is 9.51. The van der Waals surface area contributed by atoms with Crippen LogP contribution in [0.25, 0.3) is 0 Å². The minimum Gasteiger partial charge on any atom is -0.454 e. The van der Waals surface area contributed by atoms with Crippen LogP contribution in [0, 0.1) is 6.92 Å². The van der Waals surface area contributed by atoms with Crippen LogP contribution in [-0.4, -0.2) is 11.8 Å². The predicted octanol–water partition coefficient (Wildman–Crippen LogP) is 4.15. The Bertz CT molecular complexity index is 664. The Balaban J connectivity index is 1.77. The molecule has 1 aliphatic rings. The molecule has 0 saturated carbocycles. The smallest absolute Gasteiger partial charge is 0.231 e. The number of nitrogens with one attached hydrogen (secondary N) is 1. The van der Waals surface area contributed by atoms with E-state index in [1.807, 2.05) is 31.2 Å². The number of rotatable bonds is 3. The molecule has 0 bridgehead atoms. The fraction of sp³-hybridized carbons (Fsp3) is 0.214. The molecular formula is C14H12BrClN2O2. The second-order valence-corrected chi connectivity index (χ2v) is 5.65. The number of hydrogen-bond acceptors (Lipinski definition) is 4. The van der Waals surface area contributed by atoms with Crippen LogP contribution in [-0.2, 0) is 6.54 Å². The molecule has 0 aliphatic carbocycles. The third-order valence-electron chi connectivity index (χ3n) is 3.02. The molecule has 2 aromatic rings. The first-order chi connectivity index (χ1) is 9.63. The highest BCUT2D eigenvalue weighted by Gasteiger charge is 2.18. The van der Waals surface area contributed by atoms with Crippen LogP contribution in [0.3, 0.4) is 0 Å². The molecular weight excluding hydrogens is 344 g/mol. The van der Waals surface area contributed by atoms with Gasteiger partial charge in [-0.25, -0.2) is 4.98 Å². The number of anilines is 1. The van der Waals surface area contributed by atoms with Crippen molar-refractivity contribution in [3.8, 4) is 11.5 Å². The van der Waals surface area contributed by atoms with Gasteiger partial charge in [-0.2, -0.15) is 0 Å². The van der Waals surface area contributed by atoms with Gasteiger partial charge >= 0.3 is 0 Å². The highest BCUT2D eigenvalue weighted by atomic mass is 79.9. The van der Waals surface area contributed by atoms with E-state index in [0.29, 0.717) is 23.1 Å². The molecule has 3 rings (SSSR count). The Kier molecular flexibility index (Phi) is 3.72. The maximum atomic E-state index is 6.16. The Labute approximate surface area is 130 Å². The topological polar surface area (TPSA) is 43.4 Å². The first kappa shape index (κ1) is 13.5. The predicted molar refractivity (Wildman–Crippen MR) is 81.6 cm³/mol. The molecule has 0 radical (unpaired) electrons.